The molecule has 1 aliphatic heterocycles. The van der Waals surface area contributed by atoms with Gasteiger partial charge in [0.15, 0.2) is 16.8 Å². The second-order valence-electron chi connectivity index (χ2n) is 5.71. The molecule has 24 heavy (non-hydrogen) atoms. The van der Waals surface area contributed by atoms with Gasteiger partial charge in [-0.3, -0.25) is 10.1 Å². The molecule has 1 aromatic heterocycles. The van der Waals surface area contributed by atoms with Crippen LogP contribution in [0.3, 0.4) is 0 Å². The number of non-ortho nitro benzene ring substituents is 1. The Bertz CT molecular complexity index is 737. The Morgan fingerprint density at radius 1 is 1.33 bits per heavy atom. The van der Waals surface area contributed by atoms with E-state index in [-0.39, 0.29) is 11.7 Å². The van der Waals surface area contributed by atoms with Crippen LogP contribution in [0.15, 0.2) is 17.5 Å². The number of nitrogens with one attached hydrogen (secondary N) is 1. The predicted molar refractivity (Wildman–Crippen MR) is 88.7 cm³/mol. The number of anilines is 2. The van der Waals surface area contributed by atoms with Gasteiger partial charge in [0.05, 0.1) is 22.7 Å². The number of thiazole rings is 1. The molecule has 128 valence electrons. The summed E-state index contributed by atoms with van der Waals surface area (Å²) in [4.78, 5) is 15.8. The maximum absolute atomic E-state index is 14.1. The fourth-order valence-corrected chi connectivity index (χ4v) is 3.57. The minimum atomic E-state index is -0.899. The molecule has 0 aliphatic carbocycles. The molecule has 0 bridgehead atoms. The van der Waals surface area contributed by atoms with Crippen LogP contribution >= 0.6 is 11.3 Å². The zero-order valence-electron chi connectivity index (χ0n) is 13.0. The average Bonchev–Trinajstić information content (AvgIpc) is 2.93. The molecule has 0 spiro atoms. The Hall–Kier alpha value is -2.29. The molecule has 0 atom stereocenters. The summed E-state index contributed by atoms with van der Waals surface area (Å²) in [6.07, 6.45) is 1.41. The van der Waals surface area contributed by atoms with Gasteiger partial charge in [0.2, 0.25) is 0 Å². The van der Waals surface area contributed by atoms with E-state index in [1.807, 2.05) is 12.3 Å². The molecule has 9 heteroatoms. The van der Waals surface area contributed by atoms with Crippen LogP contribution in [0.1, 0.15) is 18.5 Å². The number of nitrogens with zero attached hydrogens (tertiary/aromatic N) is 3. The van der Waals surface area contributed by atoms with Crippen molar-refractivity contribution in [2.75, 3.05) is 23.3 Å². The van der Waals surface area contributed by atoms with Gasteiger partial charge in [0.1, 0.15) is 5.69 Å². The van der Waals surface area contributed by atoms with E-state index in [2.05, 4.69) is 10.3 Å². The highest BCUT2D eigenvalue weighted by Crippen LogP contribution is 2.30. The molecular weight excluding hydrogens is 338 g/mol. The van der Waals surface area contributed by atoms with E-state index in [0.29, 0.717) is 25.9 Å². The Kier molecular flexibility index (Phi) is 4.61. The third kappa shape index (κ3) is 3.45. The lowest BCUT2D eigenvalue weighted by molar-refractivity contribution is -0.385. The van der Waals surface area contributed by atoms with Gasteiger partial charge < -0.3 is 10.2 Å². The first-order valence-electron chi connectivity index (χ1n) is 7.51. The van der Waals surface area contributed by atoms with Crippen molar-refractivity contribution in [3.63, 3.8) is 0 Å². The maximum atomic E-state index is 14.1. The SMILES string of the molecule is Cc1csc(NC2CCN(c3c(F)cc([N+](=O)[O-])cc3F)CC2)n1. The number of halogens is 2. The smallest absolute Gasteiger partial charge is 0.275 e. The van der Waals surface area contributed by atoms with Crippen LogP contribution in [0.4, 0.5) is 25.3 Å². The first-order chi connectivity index (χ1) is 11.4. The lowest BCUT2D eigenvalue weighted by Gasteiger charge is -2.34. The summed E-state index contributed by atoms with van der Waals surface area (Å²) in [5.41, 5.74) is 0.184. The molecule has 2 aromatic rings. The number of hydrogen-bond acceptors (Lipinski definition) is 6. The van der Waals surface area contributed by atoms with Crippen molar-refractivity contribution in [2.45, 2.75) is 25.8 Å². The van der Waals surface area contributed by atoms with Gasteiger partial charge in [-0.15, -0.1) is 11.3 Å². The summed E-state index contributed by atoms with van der Waals surface area (Å²) in [5, 5.41) is 16.8. The number of aryl methyl sites for hydroxylation is 1. The highest BCUT2D eigenvalue weighted by Gasteiger charge is 2.26. The van der Waals surface area contributed by atoms with Gasteiger partial charge in [-0.2, -0.15) is 0 Å². The Labute approximate surface area is 141 Å². The van der Waals surface area contributed by atoms with E-state index in [0.717, 1.165) is 23.0 Å². The third-order valence-electron chi connectivity index (χ3n) is 3.97. The van der Waals surface area contributed by atoms with E-state index in [1.54, 1.807) is 4.90 Å². The quantitative estimate of drug-likeness (QED) is 0.669. The Balaban J connectivity index is 1.67. The van der Waals surface area contributed by atoms with Crippen molar-refractivity contribution >= 4 is 27.8 Å². The standard InChI is InChI=1S/C15H16F2N4O2S/c1-9-8-24-15(18-9)19-10-2-4-20(5-3-10)14-12(16)6-11(21(22)23)7-13(14)17/h6-8,10H,2-5H2,1H3,(H,18,19). The van der Waals surface area contributed by atoms with Crippen molar-refractivity contribution in [1.29, 1.82) is 0 Å². The fourth-order valence-electron chi connectivity index (χ4n) is 2.80. The van der Waals surface area contributed by atoms with Gasteiger partial charge in [-0.05, 0) is 19.8 Å². The van der Waals surface area contributed by atoms with Crippen molar-refractivity contribution in [2.24, 2.45) is 0 Å². The Morgan fingerprint density at radius 2 is 1.96 bits per heavy atom. The molecule has 1 fully saturated rings. The first-order valence-corrected chi connectivity index (χ1v) is 8.39. The first kappa shape index (κ1) is 16.6. The zero-order chi connectivity index (χ0) is 17.3. The largest absolute Gasteiger partial charge is 0.367 e. The van der Waals surface area contributed by atoms with Crippen LogP contribution < -0.4 is 10.2 Å². The normalized spacial score (nSPS) is 15.5. The number of nitro groups is 1. The number of piperidine rings is 1. The minimum Gasteiger partial charge on any atom is -0.367 e. The summed E-state index contributed by atoms with van der Waals surface area (Å²) >= 11 is 1.53. The van der Waals surface area contributed by atoms with Crippen molar-refractivity contribution in [1.82, 2.24) is 4.98 Å². The van der Waals surface area contributed by atoms with Crippen LogP contribution in [0.25, 0.3) is 0 Å². The van der Waals surface area contributed by atoms with Crippen LogP contribution in [-0.4, -0.2) is 29.0 Å². The zero-order valence-corrected chi connectivity index (χ0v) is 13.8. The van der Waals surface area contributed by atoms with Crippen LogP contribution in [0, 0.1) is 28.7 Å². The fraction of sp³-hybridized carbons (Fsp3) is 0.400. The molecule has 0 radical (unpaired) electrons. The molecule has 2 heterocycles. The van der Waals surface area contributed by atoms with Gasteiger partial charge in [-0.25, -0.2) is 13.8 Å². The summed E-state index contributed by atoms with van der Waals surface area (Å²) in [7, 11) is 0. The van der Waals surface area contributed by atoms with E-state index in [9.17, 15) is 18.9 Å². The Morgan fingerprint density at radius 3 is 2.46 bits per heavy atom. The summed E-state index contributed by atoms with van der Waals surface area (Å²) in [5.74, 6) is -1.80. The monoisotopic (exact) mass is 354 g/mol. The minimum absolute atomic E-state index is 0.191. The number of hydrogen-bond donors (Lipinski definition) is 1. The van der Waals surface area contributed by atoms with Gasteiger partial charge >= 0.3 is 0 Å². The second kappa shape index (κ2) is 6.68. The number of aromatic nitrogens is 1. The average molecular weight is 354 g/mol. The van der Waals surface area contributed by atoms with Crippen molar-refractivity contribution in [3.8, 4) is 0 Å². The number of nitro benzene ring substituents is 1. The maximum Gasteiger partial charge on any atom is 0.275 e. The molecule has 0 saturated carbocycles. The van der Waals surface area contributed by atoms with E-state index < -0.39 is 22.2 Å². The molecule has 1 saturated heterocycles. The molecule has 3 rings (SSSR count). The predicted octanol–water partition coefficient (Wildman–Crippen LogP) is 3.72. The van der Waals surface area contributed by atoms with Crippen LogP contribution in [0.5, 0.6) is 0 Å². The van der Waals surface area contributed by atoms with Crippen molar-refractivity contribution in [3.05, 3.63) is 45.0 Å². The molecule has 6 nitrogen and oxygen atoms in total. The lowest BCUT2D eigenvalue weighted by atomic mass is 10.0. The van der Waals surface area contributed by atoms with E-state index >= 15 is 0 Å². The topological polar surface area (TPSA) is 71.3 Å². The molecule has 1 aliphatic rings. The van der Waals surface area contributed by atoms with Gasteiger partial charge in [-0.1, -0.05) is 0 Å². The number of rotatable bonds is 4. The van der Waals surface area contributed by atoms with E-state index in [4.69, 9.17) is 0 Å². The summed E-state index contributed by atoms with van der Waals surface area (Å²) in [6.45, 7) is 2.85. The highest BCUT2D eigenvalue weighted by atomic mass is 32.1. The molecule has 0 amide bonds. The molecule has 0 unspecified atom stereocenters. The molecule has 1 aromatic carbocycles. The van der Waals surface area contributed by atoms with E-state index in [1.165, 1.54) is 11.3 Å². The van der Waals surface area contributed by atoms with Crippen molar-refractivity contribution < 1.29 is 13.7 Å². The highest BCUT2D eigenvalue weighted by molar-refractivity contribution is 7.13. The second-order valence-corrected chi connectivity index (χ2v) is 6.57. The summed E-state index contributed by atoms with van der Waals surface area (Å²) < 4.78 is 28.2. The van der Waals surface area contributed by atoms with Crippen LogP contribution in [0.2, 0.25) is 0 Å². The van der Waals surface area contributed by atoms with Gasteiger partial charge in [0, 0.05) is 24.5 Å². The molecular formula is C15H16F2N4O2S. The third-order valence-corrected chi connectivity index (χ3v) is 4.86. The number of benzene rings is 1. The lowest BCUT2D eigenvalue weighted by Crippen LogP contribution is -2.40. The van der Waals surface area contributed by atoms with Crippen LogP contribution in [-0.2, 0) is 0 Å². The van der Waals surface area contributed by atoms with Gasteiger partial charge in [0.25, 0.3) is 5.69 Å². The summed E-state index contributed by atoms with van der Waals surface area (Å²) in [6, 6.07) is 1.72. The molecule has 1 N–H and O–H groups in total.